The van der Waals surface area contributed by atoms with Gasteiger partial charge in [0.2, 0.25) is 0 Å². The van der Waals surface area contributed by atoms with E-state index in [-0.39, 0.29) is 6.42 Å². The molecule has 2 aromatic rings. The number of aromatic amines is 1. The lowest BCUT2D eigenvalue weighted by Crippen LogP contribution is -2.41. The summed E-state index contributed by atoms with van der Waals surface area (Å²) >= 11 is 0. The van der Waals surface area contributed by atoms with E-state index in [9.17, 15) is 9.90 Å². The van der Waals surface area contributed by atoms with Gasteiger partial charge in [0.05, 0.1) is 17.6 Å². The van der Waals surface area contributed by atoms with Crippen molar-refractivity contribution in [2.24, 2.45) is 0 Å². The fourth-order valence-electron chi connectivity index (χ4n) is 2.88. The van der Waals surface area contributed by atoms with E-state index in [1.54, 1.807) is 12.4 Å². The third-order valence-electron chi connectivity index (χ3n) is 4.88. The Labute approximate surface area is 135 Å². The third kappa shape index (κ3) is 2.75. The van der Waals surface area contributed by atoms with Crippen LogP contribution in [0.15, 0.2) is 24.5 Å². The van der Waals surface area contributed by atoms with E-state index in [1.807, 2.05) is 39.8 Å². The number of carboxylic acids is 1. The molecule has 2 aromatic heterocycles. The number of rotatable bonds is 4. The summed E-state index contributed by atoms with van der Waals surface area (Å²) in [5.41, 5.74) is 0.584. The van der Waals surface area contributed by atoms with Gasteiger partial charge in [0.15, 0.2) is 0 Å². The van der Waals surface area contributed by atoms with Gasteiger partial charge in [0.1, 0.15) is 5.65 Å². The highest BCUT2D eigenvalue weighted by Crippen LogP contribution is 2.42. The van der Waals surface area contributed by atoms with Gasteiger partial charge in [-0.15, -0.1) is 0 Å². The van der Waals surface area contributed by atoms with Crippen molar-refractivity contribution in [2.45, 2.75) is 51.1 Å². The third-order valence-corrected chi connectivity index (χ3v) is 4.88. The van der Waals surface area contributed by atoms with Gasteiger partial charge in [0, 0.05) is 23.6 Å². The van der Waals surface area contributed by atoms with Crippen LogP contribution < -0.4 is 0 Å². The number of carboxylic acid groups (broad SMARTS) is 1. The second-order valence-electron chi connectivity index (χ2n) is 6.97. The number of hydrogen-bond acceptors (Lipinski definition) is 4. The molecule has 0 aromatic carbocycles. The number of nitrogens with one attached hydrogen (secondary N) is 1. The van der Waals surface area contributed by atoms with Gasteiger partial charge in [-0.2, -0.15) is 0 Å². The van der Waals surface area contributed by atoms with Gasteiger partial charge in [-0.3, -0.25) is 4.79 Å². The molecule has 1 aliphatic heterocycles. The highest BCUT2D eigenvalue weighted by atomic mass is 16.7. The van der Waals surface area contributed by atoms with Crippen molar-refractivity contribution < 1.29 is 19.2 Å². The van der Waals surface area contributed by atoms with E-state index in [0.717, 1.165) is 16.6 Å². The maximum Gasteiger partial charge on any atom is 0.466 e. The van der Waals surface area contributed by atoms with Crippen molar-refractivity contribution in [3.05, 3.63) is 30.1 Å². The summed E-state index contributed by atoms with van der Waals surface area (Å²) in [5, 5.41) is 10.2. The van der Waals surface area contributed by atoms with Crippen molar-refractivity contribution in [3.63, 3.8) is 0 Å². The maximum atomic E-state index is 11.4. The fourth-order valence-corrected chi connectivity index (χ4v) is 2.88. The number of aliphatic carboxylic acids is 1. The number of aromatic nitrogens is 2. The Morgan fingerprint density at radius 3 is 2.61 bits per heavy atom. The second-order valence-corrected chi connectivity index (χ2v) is 6.97. The summed E-state index contributed by atoms with van der Waals surface area (Å²) in [4.78, 5) is 18.7. The first kappa shape index (κ1) is 16.0. The van der Waals surface area contributed by atoms with E-state index >= 15 is 0 Å². The van der Waals surface area contributed by atoms with Gasteiger partial charge in [-0.25, -0.2) is 4.98 Å². The van der Waals surface area contributed by atoms with E-state index in [2.05, 4.69) is 9.97 Å². The normalized spacial score (nSPS) is 20.8. The number of carbonyl (C=O) groups is 1. The van der Waals surface area contributed by atoms with Crippen LogP contribution in [0.5, 0.6) is 0 Å². The topological polar surface area (TPSA) is 84.4 Å². The van der Waals surface area contributed by atoms with Gasteiger partial charge < -0.3 is 19.4 Å². The van der Waals surface area contributed by atoms with Crippen LogP contribution in [0.25, 0.3) is 11.0 Å². The molecule has 1 unspecified atom stereocenters. The average molecular weight is 316 g/mol. The Bertz CT molecular complexity index is 725. The molecule has 6 nitrogen and oxygen atoms in total. The van der Waals surface area contributed by atoms with Gasteiger partial charge in [0.25, 0.3) is 0 Å². The highest BCUT2D eigenvalue weighted by molar-refractivity contribution is 6.48. The molecule has 3 rings (SSSR count). The second kappa shape index (κ2) is 5.35. The van der Waals surface area contributed by atoms with Crippen LogP contribution in [0.4, 0.5) is 0 Å². The Kier molecular flexibility index (Phi) is 3.73. The van der Waals surface area contributed by atoms with Crippen LogP contribution in [0.3, 0.4) is 0 Å². The maximum absolute atomic E-state index is 11.4. The van der Waals surface area contributed by atoms with Crippen molar-refractivity contribution in [3.8, 4) is 0 Å². The number of pyridine rings is 1. The Morgan fingerprint density at radius 2 is 2.00 bits per heavy atom. The van der Waals surface area contributed by atoms with Gasteiger partial charge in [-0.1, -0.05) is 0 Å². The predicted octanol–water partition coefficient (Wildman–Crippen LogP) is 2.75. The zero-order valence-corrected chi connectivity index (χ0v) is 13.8. The van der Waals surface area contributed by atoms with Crippen LogP contribution in [-0.2, 0) is 14.1 Å². The Morgan fingerprint density at radius 1 is 1.35 bits per heavy atom. The summed E-state index contributed by atoms with van der Waals surface area (Å²) in [6, 6.07) is 3.76. The van der Waals surface area contributed by atoms with Crippen molar-refractivity contribution in [2.75, 3.05) is 0 Å². The lowest BCUT2D eigenvalue weighted by molar-refractivity contribution is -0.137. The molecular formula is C16H21BN2O4. The van der Waals surface area contributed by atoms with Gasteiger partial charge >= 0.3 is 13.1 Å². The first-order chi connectivity index (χ1) is 10.7. The minimum atomic E-state index is -0.886. The standard InChI is InChI=1S/C16H21BN2O4/c1-15(2)16(3,4)23-17(22-15)12(8-13(20)21)11-9-19-14-10(11)6-5-7-18-14/h5-7,9,12H,8H2,1-4H3,(H,18,19)(H,20,21). The van der Waals surface area contributed by atoms with Crippen LogP contribution in [0, 0.1) is 0 Å². The smallest absolute Gasteiger partial charge is 0.466 e. The number of H-pyrrole nitrogens is 1. The molecular weight excluding hydrogens is 295 g/mol. The molecule has 0 saturated carbocycles. The van der Waals surface area contributed by atoms with E-state index in [4.69, 9.17) is 9.31 Å². The van der Waals surface area contributed by atoms with Crippen LogP contribution in [-0.4, -0.2) is 39.4 Å². The SMILES string of the molecule is CC1(C)OB(C(CC(=O)O)c2c[nH]c3ncccc23)OC1(C)C. The molecule has 1 fully saturated rings. The number of nitrogens with zero attached hydrogens (tertiary/aromatic N) is 1. The summed E-state index contributed by atoms with van der Waals surface area (Å²) in [6.45, 7) is 7.84. The molecule has 1 aliphatic rings. The zero-order valence-electron chi connectivity index (χ0n) is 13.8. The summed E-state index contributed by atoms with van der Waals surface area (Å²) in [6.07, 6.45) is 3.43. The monoisotopic (exact) mass is 316 g/mol. The van der Waals surface area contributed by atoms with Crippen molar-refractivity contribution >= 4 is 24.1 Å². The highest BCUT2D eigenvalue weighted by Gasteiger charge is 2.54. The van der Waals surface area contributed by atoms with Crippen molar-refractivity contribution in [1.29, 1.82) is 0 Å². The summed E-state index contributed by atoms with van der Waals surface area (Å²) in [7, 11) is -0.615. The molecule has 0 bridgehead atoms. The quantitative estimate of drug-likeness (QED) is 0.847. The molecule has 0 radical (unpaired) electrons. The molecule has 3 heterocycles. The zero-order chi connectivity index (χ0) is 16.8. The average Bonchev–Trinajstić information content (AvgIpc) is 2.95. The summed E-state index contributed by atoms with van der Waals surface area (Å²) in [5.74, 6) is -1.30. The predicted molar refractivity (Wildman–Crippen MR) is 87.2 cm³/mol. The molecule has 0 spiro atoms. The molecule has 0 aliphatic carbocycles. The minimum absolute atomic E-state index is 0.0708. The van der Waals surface area contributed by atoms with E-state index in [0.29, 0.717) is 0 Å². The van der Waals surface area contributed by atoms with E-state index < -0.39 is 30.1 Å². The van der Waals surface area contributed by atoms with Gasteiger partial charge in [-0.05, 0) is 45.4 Å². The molecule has 0 amide bonds. The fraction of sp³-hybridized carbons (Fsp3) is 0.500. The molecule has 23 heavy (non-hydrogen) atoms. The Balaban J connectivity index is 2.01. The van der Waals surface area contributed by atoms with Crippen molar-refractivity contribution in [1.82, 2.24) is 9.97 Å². The number of hydrogen-bond donors (Lipinski definition) is 2. The molecule has 1 atom stereocenters. The summed E-state index contributed by atoms with van der Waals surface area (Å²) < 4.78 is 12.2. The lowest BCUT2D eigenvalue weighted by atomic mass is 9.66. The van der Waals surface area contributed by atoms with Crippen LogP contribution in [0.1, 0.15) is 45.5 Å². The van der Waals surface area contributed by atoms with Crippen LogP contribution in [0.2, 0.25) is 0 Å². The first-order valence-corrected chi connectivity index (χ1v) is 7.71. The van der Waals surface area contributed by atoms with Crippen LogP contribution >= 0.6 is 0 Å². The lowest BCUT2D eigenvalue weighted by Gasteiger charge is -2.32. The molecule has 7 heteroatoms. The first-order valence-electron chi connectivity index (χ1n) is 7.71. The molecule has 2 N–H and O–H groups in total. The van der Waals surface area contributed by atoms with E-state index in [1.165, 1.54) is 0 Å². The largest absolute Gasteiger partial charge is 0.481 e. The molecule has 1 saturated heterocycles. The number of fused-ring (bicyclic) bond motifs is 1. The molecule has 122 valence electrons. The minimum Gasteiger partial charge on any atom is -0.481 e. The Hall–Kier alpha value is -1.86.